The van der Waals surface area contributed by atoms with Crippen LogP contribution in [0.1, 0.15) is 0 Å². The summed E-state index contributed by atoms with van der Waals surface area (Å²) in [7, 11) is 0. The molecule has 0 aliphatic carbocycles. The van der Waals surface area contributed by atoms with Crippen molar-refractivity contribution in [3.63, 3.8) is 0 Å². The molecule has 0 radical (unpaired) electrons. The van der Waals surface area contributed by atoms with Gasteiger partial charge >= 0.3 is 509 Å². The van der Waals surface area contributed by atoms with Crippen molar-refractivity contribution < 1.29 is 0 Å². The first-order chi connectivity index (χ1) is 42.1. The summed E-state index contributed by atoms with van der Waals surface area (Å²) in [6.07, 6.45) is 0. The van der Waals surface area contributed by atoms with Gasteiger partial charge in [-0.1, -0.05) is 0 Å². The van der Waals surface area contributed by atoms with Crippen LogP contribution in [-0.4, -0.2) is 22.7 Å². The van der Waals surface area contributed by atoms with Gasteiger partial charge in [-0.05, 0) is 0 Å². The van der Waals surface area contributed by atoms with Gasteiger partial charge in [0.25, 0.3) is 0 Å². The van der Waals surface area contributed by atoms with E-state index in [1.165, 1.54) is 16.4 Å². The molecule has 402 valence electrons. The third kappa shape index (κ3) is 9.33. The topological polar surface area (TPSA) is 16.2 Å². The van der Waals surface area contributed by atoms with Crippen LogP contribution in [0.15, 0.2) is 334 Å². The van der Waals surface area contributed by atoms with Gasteiger partial charge in [0.15, 0.2) is 0 Å². The Bertz CT molecular complexity index is 4420. The Morgan fingerprint density at radius 2 is 0.659 bits per heavy atom. The third-order valence-corrected chi connectivity index (χ3v) is 17.2. The first-order valence-electron chi connectivity index (χ1n) is 28.9. The predicted molar refractivity (Wildman–Crippen MR) is 362 cm³/mol. The summed E-state index contributed by atoms with van der Waals surface area (Å²) in [4.78, 5) is 12.3. The van der Waals surface area contributed by atoms with Crippen LogP contribution in [0.5, 0.6) is 0 Å². The molecule has 0 fully saturated rings. The van der Waals surface area contributed by atoms with Crippen molar-refractivity contribution in [2.75, 3.05) is 24.5 Å². The molecule has 0 aromatic heterocycles. The second kappa shape index (κ2) is 22.3. The molecule has 0 N–H and O–H groups in total. The summed E-state index contributed by atoms with van der Waals surface area (Å²) in [5, 5.41) is 0. The summed E-state index contributed by atoms with van der Waals surface area (Å²) in [5.41, 5.74) is 24.5. The van der Waals surface area contributed by atoms with Crippen LogP contribution < -0.4 is 45.3 Å². The van der Waals surface area contributed by atoms with E-state index >= 15 is 0 Å². The number of fused-ring (bicyclic) bond motifs is 4. The van der Waals surface area contributed by atoms with E-state index in [-0.39, 0.29) is 6.71 Å². The second-order valence-corrected chi connectivity index (χ2v) is 22.4. The molecule has 0 spiro atoms. The van der Waals surface area contributed by atoms with Gasteiger partial charge in [-0.2, -0.15) is 0 Å². The van der Waals surface area contributed by atoms with E-state index in [0.717, 1.165) is 112 Å². The molecular weight excluding hydrogens is 1100 g/mol. The Morgan fingerprint density at radius 3 is 1.21 bits per heavy atom. The Morgan fingerprint density at radius 1 is 0.259 bits per heavy atom. The Kier molecular flexibility index (Phi) is 13.5. The van der Waals surface area contributed by atoms with Crippen molar-refractivity contribution in [3.8, 4) is 22.3 Å². The van der Waals surface area contributed by atoms with E-state index in [9.17, 15) is 0 Å². The average molecular weight is 1150 g/mol. The third-order valence-electron chi connectivity index (χ3n) is 16.5. The SMILES string of the molecule is [SeH]c1cc2c(cc1N(c1ccc(N(c3ccccc3)c3ccccc3)cc1)c1ccccc1-c1ccccc1)B1c3ccccc3N(c3ccccc3)c3cc(N(c4ccccc4)c4ccccc4)cc(c31)N2c1ccccc1-c1ccccc1. The van der Waals surface area contributed by atoms with Crippen LogP contribution in [0.25, 0.3) is 22.3 Å². The van der Waals surface area contributed by atoms with Crippen LogP contribution in [0.4, 0.5) is 85.3 Å². The number of hydrogen-bond donors (Lipinski definition) is 0. The zero-order valence-electron chi connectivity index (χ0n) is 46.5. The molecule has 15 rings (SSSR count). The van der Waals surface area contributed by atoms with Crippen LogP contribution in [0, 0.1) is 0 Å². The van der Waals surface area contributed by atoms with Gasteiger partial charge in [0.05, 0.1) is 0 Å². The van der Waals surface area contributed by atoms with Gasteiger partial charge in [0.2, 0.25) is 0 Å². The van der Waals surface area contributed by atoms with E-state index in [1.807, 2.05) is 0 Å². The number of rotatable bonds is 13. The molecule has 5 nitrogen and oxygen atoms in total. The Labute approximate surface area is 506 Å². The number of anilines is 15. The van der Waals surface area contributed by atoms with Crippen molar-refractivity contribution in [1.29, 1.82) is 0 Å². The molecule has 2 heterocycles. The van der Waals surface area contributed by atoms with E-state index in [0.29, 0.717) is 0 Å². The van der Waals surface area contributed by atoms with Crippen molar-refractivity contribution in [2.24, 2.45) is 0 Å². The predicted octanol–water partition coefficient (Wildman–Crippen LogP) is 18.0. The van der Waals surface area contributed by atoms with E-state index in [4.69, 9.17) is 0 Å². The molecule has 0 atom stereocenters. The fourth-order valence-corrected chi connectivity index (χ4v) is 13.4. The fraction of sp³-hybridized carbons (Fsp3) is 0. The molecule has 0 saturated carbocycles. The Hall–Kier alpha value is -10.6. The molecular formula is C78H56BN5Se. The van der Waals surface area contributed by atoms with Gasteiger partial charge in [0.1, 0.15) is 0 Å². The van der Waals surface area contributed by atoms with Crippen LogP contribution >= 0.6 is 0 Å². The normalized spacial score (nSPS) is 12.0. The minimum atomic E-state index is -0.182. The van der Waals surface area contributed by atoms with Gasteiger partial charge in [0, 0.05) is 0 Å². The quantitative estimate of drug-likeness (QED) is 0.107. The number of benzene rings is 13. The number of hydrogen-bond acceptors (Lipinski definition) is 5. The fourth-order valence-electron chi connectivity index (χ4n) is 12.8. The molecule has 0 unspecified atom stereocenters. The first-order valence-corrected chi connectivity index (χ1v) is 29.9. The van der Waals surface area contributed by atoms with Gasteiger partial charge in [-0.3, -0.25) is 0 Å². The molecule has 2 aliphatic rings. The molecule has 0 bridgehead atoms. The van der Waals surface area contributed by atoms with Gasteiger partial charge in [-0.25, -0.2) is 0 Å². The standard InChI is InChI=1S/C78H56BN5Se/c85-77-55-73-69(54-74(77)82(70-45-25-22-42-66(70)56-28-8-1-9-29-56)64-50-48-63(49-51-64)80(58-32-12-3-13-33-58)59-34-14-4-15-35-59)79-68-44-24-27-47-72(68)83(62-40-20-7-21-41-62)75-52-65(81(60-36-16-5-17-37-60)61-38-18-6-19-39-61)53-76(78(75)79)84(73)71-46-26-23-43-67(71)57-30-10-2-11-31-57/h1-55,85H. The summed E-state index contributed by atoms with van der Waals surface area (Å²) in [6.45, 7) is -0.182. The van der Waals surface area contributed by atoms with Crippen LogP contribution in [0.2, 0.25) is 0 Å². The summed E-state index contributed by atoms with van der Waals surface area (Å²) < 4.78 is 1.07. The molecule has 13 aromatic rings. The molecule has 2 aliphatic heterocycles. The van der Waals surface area contributed by atoms with E-state index < -0.39 is 0 Å². The van der Waals surface area contributed by atoms with Crippen molar-refractivity contribution in [1.82, 2.24) is 0 Å². The Balaban J connectivity index is 1.02. The summed E-state index contributed by atoms with van der Waals surface area (Å²) >= 11 is 3.00. The van der Waals surface area contributed by atoms with Crippen LogP contribution in [0.3, 0.4) is 0 Å². The number of nitrogens with zero attached hydrogens (tertiary/aromatic N) is 5. The van der Waals surface area contributed by atoms with Crippen molar-refractivity contribution >= 4 is 129 Å². The van der Waals surface area contributed by atoms with Crippen molar-refractivity contribution in [2.45, 2.75) is 0 Å². The monoisotopic (exact) mass is 1150 g/mol. The number of para-hydroxylation sites is 8. The summed E-state index contributed by atoms with van der Waals surface area (Å²) in [6, 6.07) is 121. The molecule has 7 heteroatoms. The molecule has 85 heavy (non-hydrogen) atoms. The average Bonchev–Trinajstić information content (AvgIpc) is 0.921. The molecule has 0 saturated heterocycles. The molecule has 0 amide bonds. The van der Waals surface area contributed by atoms with E-state index in [2.05, 4.69) is 374 Å². The maximum atomic E-state index is 3.00. The second-order valence-electron chi connectivity index (χ2n) is 21.4. The van der Waals surface area contributed by atoms with Gasteiger partial charge in [-0.15, -0.1) is 0 Å². The van der Waals surface area contributed by atoms with Gasteiger partial charge < -0.3 is 0 Å². The van der Waals surface area contributed by atoms with E-state index in [1.54, 1.807) is 0 Å². The minimum absolute atomic E-state index is 0.182. The first kappa shape index (κ1) is 51.3. The van der Waals surface area contributed by atoms with Crippen LogP contribution in [-0.2, 0) is 0 Å². The zero-order chi connectivity index (χ0) is 56.6. The molecule has 13 aromatic carbocycles. The summed E-state index contributed by atoms with van der Waals surface area (Å²) in [5.74, 6) is 0. The van der Waals surface area contributed by atoms with Crippen molar-refractivity contribution in [3.05, 3.63) is 334 Å². The maximum absolute atomic E-state index is 3.00. The zero-order valence-corrected chi connectivity index (χ0v) is 48.4.